The Morgan fingerprint density at radius 2 is 1.44 bits per heavy atom. The number of amides is 3. The van der Waals surface area contributed by atoms with Gasteiger partial charge in [-0.2, -0.15) is 0 Å². The number of urea groups is 1. The van der Waals surface area contributed by atoms with Crippen LogP contribution in [0.3, 0.4) is 0 Å². The number of hydrogen-bond donors (Lipinski definition) is 3. The standard InChI is InChI=1S/C23H24N6O4S/c30-21(17-11-15-29(16-12-17)23(31)27-18-5-2-1-3-6-18)26-19-7-9-20(10-8-19)34(32,33)28-22-24-13-4-14-25-22/h1-10,13-14,17H,11-12,15-16H2,(H,26,30)(H,27,31)(H,24,25,28). The Bertz CT molecular complexity index is 1230. The first kappa shape index (κ1) is 23.2. The van der Waals surface area contributed by atoms with E-state index in [1.165, 1.54) is 36.7 Å². The zero-order chi connectivity index (χ0) is 24.0. The van der Waals surface area contributed by atoms with Crippen LogP contribution in [-0.4, -0.2) is 48.3 Å². The van der Waals surface area contributed by atoms with E-state index in [9.17, 15) is 18.0 Å². The van der Waals surface area contributed by atoms with Crippen molar-refractivity contribution < 1.29 is 18.0 Å². The van der Waals surface area contributed by atoms with Gasteiger partial charge in [-0.15, -0.1) is 0 Å². The van der Waals surface area contributed by atoms with Crippen LogP contribution in [0.1, 0.15) is 12.8 Å². The maximum Gasteiger partial charge on any atom is 0.321 e. The lowest BCUT2D eigenvalue weighted by molar-refractivity contribution is -0.121. The summed E-state index contributed by atoms with van der Waals surface area (Å²) in [4.78, 5) is 34.5. The third-order valence-electron chi connectivity index (χ3n) is 5.40. The van der Waals surface area contributed by atoms with E-state index >= 15 is 0 Å². The summed E-state index contributed by atoms with van der Waals surface area (Å²) in [5.74, 6) is -0.417. The molecule has 0 bridgehead atoms. The Balaban J connectivity index is 1.28. The van der Waals surface area contributed by atoms with Gasteiger partial charge in [0.05, 0.1) is 4.90 Å². The molecule has 1 aromatic heterocycles. The molecule has 1 saturated heterocycles. The van der Waals surface area contributed by atoms with E-state index in [4.69, 9.17) is 0 Å². The van der Waals surface area contributed by atoms with Crippen molar-refractivity contribution in [3.63, 3.8) is 0 Å². The Kier molecular flexibility index (Phi) is 7.02. The maximum absolute atomic E-state index is 12.7. The van der Waals surface area contributed by atoms with E-state index < -0.39 is 10.0 Å². The normalized spacial score (nSPS) is 14.3. The number of nitrogens with one attached hydrogen (secondary N) is 3. The molecule has 2 heterocycles. The van der Waals surface area contributed by atoms with Crippen molar-refractivity contribution in [3.8, 4) is 0 Å². The Morgan fingerprint density at radius 3 is 2.09 bits per heavy atom. The SMILES string of the molecule is O=C(Nc1ccc(S(=O)(=O)Nc2ncccn2)cc1)C1CCN(C(=O)Nc2ccccc2)CC1. The van der Waals surface area contributed by atoms with Crippen molar-refractivity contribution in [1.82, 2.24) is 14.9 Å². The van der Waals surface area contributed by atoms with Crippen molar-refractivity contribution in [2.24, 2.45) is 5.92 Å². The quantitative estimate of drug-likeness (QED) is 0.496. The zero-order valence-electron chi connectivity index (χ0n) is 18.2. The number of sulfonamides is 1. The average molecular weight is 481 g/mol. The van der Waals surface area contributed by atoms with Gasteiger partial charge in [0.1, 0.15) is 0 Å². The Hall–Kier alpha value is -3.99. The summed E-state index contributed by atoms with van der Waals surface area (Å²) in [6.45, 7) is 0.947. The second-order valence-electron chi connectivity index (χ2n) is 7.75. The molecule has 10 nitrogen and oxygen atoms in total. The summed E-state index contributed by atoms with van der Waals surface area (Å²) < 4.78 is 27.2. The molecule has 3 aromatic rings. The minimum absolute atomic E-state index is 0.0238. The number of rotatable bonds is 6. The van der Waals surface area contributed by atoms with Gasteiger partial charge in [-0.1, -0.05) is 18.2 Å². The van der Waals surface area contributed by atoms with Gasteiger partial charge < -0.3 is 15.5 Å². The van der Waals surface area contributed by atoms with Gasteiger partial charge in [-0.05, 0) is 55.3 Å². The van der Waals surface area contributed by atoms with Crippen molar-refractivity contribution in [3.05, 3.63) is 73.1 Å². The first-order valence-electron chi connectivity index (χ1n) is 10.7. The van der Waals surface area contributed by atoms with Crippen LogP contribution in [0.5, 0.6) is 0 Å². The van der Waals surface area contributed by atoms with Gasteiger partial charge in [0.15, 0.2) is 0 Å². The van der Waals surface area contributed by atoms with Gasteiger partial charge in [-0.3, -0.25) is 4.79 Å². The number of aromatic nitrogens is 2. The molecule has 1 aliphatic rings. The molecule has 176 valence electrons. The number of hydrogen-bond acceptors (Lipinski definition) is 6. The molecule has 34 heavy (non-hydrogen) atoms. The smallest absolute Gasteiger partial charge is 0.321 e. The fraction of sp³-hybridized carbons (Fsp3) is 0.217. The predicted octanol–water partition coefficient (Wildman–Crippen LogP) is 3.16. The highest BCUT2D eigenvalue weighted by Crippen LogP contribution is 2.22. The predicted molar refractivity (Wildman–Crippen MR) is 128 cm³/mol. The molecule has 11 heteroatoms. The van der Waals surface area contributed by atoms with Crippen LogP contribution in [0.25, 0.3) is 0 Å². The van der Waals surface area contributed by atoms with E-state index in [0.29, 0.717) is 31.6 Å². The van der Waals surface area contributed by atoms with Gasteiger partial charge in [0.2, 0.25) is 11.9 Å². The third-order valence-corrected chi connectivity index (χ3v) is 6.75. The van der Waals surface area contributed by atoms with Crippen LogP contribution in [0, 0.1) is 5.92 Å². The lowest BCUT2D eigenvalue weighted by Gasteiger charge is -2.31. The van der Waals surface area contributed by atoms with Crippen LogP contribution in [0.4, 0.5) is 22.1 Å². The topological polar surface area (TPSA) is 133 Å². The summed E-state index contributed by atoms with van der Waals surface area (Å²) in [6, 6.07) is 16.5. The van der Waals surface area contributed by atoms with Crippen molar-refractivity contribution in [2.45, 2.75) is 17.7 Å². The second-order valence-corrected chi connectivity index (χ2v) is 9.43. The van der Waals surface area contributed by atoms with Crippen molar-refractivity contribution in [2.75, 3.05) is 28.4 Å². The highest BCUT2D eigenvalue weighted by atomic mass is 32.2. The molecule has 1 aliphatic heterocycles. The minimum atomic E-state index is -3.85. The Labute approximate surface area is 197 Å². The molecule has 0 atom stereocenters. The molecule has 0 aliphatic carbocycles. The summed E-state index contributed by atoms with van der Waals surface area (Å²) in [6.07, 6.45) is 3.95. The molecule has 2 aromatic carbocycles. The minimum Gasteiger partial charge on any atom is -0.326 e. The number of anilines is 3. The lowest BCUT2D eigenvalue weighted by atomic mass is 9.96. The number of carbonyl (C=O) groups is 2. The molecule has 0 unspecified atom stereocenters. The monoisotopic (exact) mass is 480 g/mol. The number of piperidine rings is 1. The van der Waals surface area contributed by atoms with E-state index in [1.807, 2.05) is 30.3 Å². The lowest BCUT2D eigenvalue weighted by Crippen LogP contribution is -2.43. The van der Waals surface area contributed by atoms with Crippen LogP contribution in [0.2, 0.25) is 0 Å². The molecular formula is C23H24N6O4S. The van der Waals surface area contributed by atoms with E-state index in [-0.39, 0.29) is 28.7 Å². The van der Waals surface area contributed by atoms with E-state index in [1.54, 1.807) is 11.0 Å². The van der Waals surface area contributed by atoms with Gasteiger partial charge in [0.25, 0.3) is 10.0 Å². The molecule has 4 rings (SSSR count). The maximum atomic E-state index is 12.7. The largest absolute Gasteiger partial charge is 0.326 e. The average Bonchev–Trinajstić information content (AvgIpc) is 2.85. The number of likely N-dealkylation sites (tertiary alicyclic amines) is 1. The van der Waals surface area contributed by atoms with Crippen LogP contribution in [0.15, 0.2) is 78.0 Å². The molecule has 3 amide bonds. The van der Waals surface area contributed by atoms with E-state index in [2.05, 4.69) is 25.3 Å². The molecule has 0 radical (unpaired) electrons. The molecule has 1 fully saturated rings. The van der Waals surface area contributed by atoms with Crippen molar-refractivity contribution in [1.29, 1.82) is 0 Å². The molecular weight excluding hydrogens is 456 g/mol. The van der Waals surface area contributed by atoms with Crippen LogP contribution < -0.4 is 15.4 Å². The number of para-hydroxylation sites is 1. The molecule has 0 spiro atoms. The first-order valence-corrected chi connectivity index (χ1v) is 12.2. The first-order chi connectivity index (χ1) is 16.4. The fourth-order valence-corrected chi connectivity index (χ4v) is 4.52. The number of carbonyl (C=O) groups excluding carboxylic acids is 2. The highest BCUT2D eigenvalue weighted by Gasteiger charge is 2.27. The fourth-order valence-electron chi connectivity index (χ4n) is 3.56. The van der Waals surface area contributed by atoms with Crippen LogP contribution >= 0.6 is 0 Å². The van der Waals surface area contributed by atoms with Crippen molar-refractivity contribution >= 4 is 39.3 Å². The zero-order valence-corrected chi connectivity index (χ0v) is 19.0. The number of benzene rings is 2. The third kappa shape index (κ3) is 5.87. The van der Waals surface area contributed by atoms with Crippen LogP contribution in [-0.2, 0) is 14.8 Å². The van der Waals surface area contributed by atoms with Gasteiger partial charge in [0, 0.05) is 42.8 Å². The number of nitrogens with zero attached hydrogens (tertiary/aromatic N) is 3. The Morgan fingerprint density at radius 1 is 0.824 bits per heavy atom. The molecule has 0 saturated carbocycles. The highest BCUT2D eigenvalue weighted by molar-refractivity contribution is 7.92. The summed E-state index contributed by atoms with van der Waals surface area (Å²) >= 11 is 0. The summed E-state index contributed by atoms with van der Waals surface area (Å²) in [5, 5.41) is 5.68. The summed E-state index contributed by atoms with van der Waals surface area (Å²) in [7, 11) is -3.85. The molecule has 3 N–H and O–H groups in total. The van der Waals surface area contributed by atoms with Gasteiger partial charge >= 0.3 is 6.03 Å². The summed E-state index contributed by atoms with van der Waals surface area (Å²) in [5.41, 5.74) is 1.22. The second kappa shape index (κ2) is 10.3. The van der Waals surface area contributed by atoms with E-state index in [0.717, 1.165) is 5.69 Å². The van der Waals surface area contributed by atoms with Gasteiger partial charge in [-0.25, -0.2) is 27.9 Å².